The molecule has 0 saturated heterocycles. The molecular weight excluding hydrogens is 497 g/mol. The fraction of sp³-hybridized carbons (Fsp3) is 0.167. The van der Waals surface area contributed by atoms with Crippen LogP contribution < -0.4 is 0 Å². The van der Waals surface area contributed by atoms with E-state index in [1.165, 1.54) is 35.3 Å². The Bertz CT molecular complexity index is 1400. The zero-order valence-corrected chi connectivity index (χ0v) is 21.7. The predicted molar refractivity (Wildman–Crippen MR) is 133 cm³/mol. The molecule has 0 amide bonds. The second-order valence-corrected chi connectivity index (χ2v) is 10.3. The van der Waals surface area contributed by atoms with Crippen molar-refractivity contribution < 1.29 is 0 Å². The summed E-state index contributed by atoms with van der Waals surface area (Å²) >= 11 is 3.71. The summed E-state index contributed by atoms with van der Waals surface area (Å²) in [6.45, 7) is 7.52. The van der Waals surface area contributed by atoms with Crippen molar-refractivity contribution in [3.63, 3.8) is 0 Å². The maximum atomic E-state index is 9.66. The van der Waals surface area contributed by atoms with E-state index in [9.17, 15) is 10.5 Å². The fourth-order valence-electron chi connectivity index (χ4n) is 3.16. The minimum Gasteiger partial charge on any atom is -0.249 e. The molecule has 8 nitrogen and oxygen atoms in total. The molecule has 4 aromatic heterocycles. The summed E-state index contributed by atoms with van der Waals surface area (Å²) < 4.78 is 0. The second-order valence-electron chi connectivity index (χ2n) is 7.40. The van der Waals surface area contributed by atoms with Crippen LogP contribution in [-0.4, -0.2) is 29.9 Å². The van der Waals surface area contributed by atoms with Gasteiger partial charge in [-0.3, -0.25) is 0 Å². The molecule has 0 radical (unpaired) electrons. The van der Waals surface area contributed by atoms with Crippen LogP contribution in [0.5, 0.6) is 0 Å². The highest BCUT2D eigenvalue weighted by atomic mass is 32.2. The van der Waals surface area contributed by atoms with Gasteiger partial charge in [0, 0.05) is 17.6 Å². The number of rotatable bonds is 6. The van der Waals surface area contributed by atoms with Crippen LogP contribution in [0.3, 0.4) is 0 Å². The Morgan fingerprint density at radius 2 is 1.14 bits per heavy atom. The van der Waals surface area contributed by atoms with Gasteiger partial charge in [-0.2, -0.15) is 25.5 Å². The first kappa shape index (κ1) is 24.6. The Balaban J connectivity index is 1.78. The molecule has 0 spiro atoms. The third-order valence-electron chi connectivity index (χ3n) is 4.63. The summed E-state index contributed by atoms with van der Waals surface area (Å²) in [7, 11) is 0. The van der Waals surface area contributed by atoms with E-state index < -0.39 is 0 Å². The number of aromatic nitrogens is 6. The van der Waals surface area contributed by atoms with E-state index in [4.69, 9.17) is 0 Å². The molecule has 0 aliphatic carbocycles. The lowest BCUT2D eigenvalue weighted by Gasteiger charge is -2.10. The van der Waals surface area contributed by atoms with Crippen molar-refractivity contribution in [1.82, 2.24) is 29.9 Å². The number of hydrogen-bond donors (Lipinski definition) is 0. The predicted octanol–water partition coefficient (Wildman–Crippen LogP) is 5.49. The van der Waals surface area contributed by atoms with Crippen molar-refractivity contribution in [2.45, 2.75) is 58.2 Å². The third kappa shape index (κ3) is 5.95. The summed E-state index contributed by atoms with van der Waals surface area (Å²) in [5.41, 5.74) is 4.25. The molecule has 4 rings (SSSR count). The molecule has 0 aliphatic heterocycles. The van der Waals surface area contributed by atoms with Crippen LogP contribution in [0.2, 0.25) is 0 Å². The molecule has 172 valence electrons. The molecule has 0 aromatic carbocycles. The van der Waals surface area contributed by atoms with Gasteiger partial charge in [0.1, 0.15) is 27.2 Å². The van der Waals surface area contributed by atoms with E-state index >= 15 is 0 Å². The molecule has 0 fully saturated rings. The normalized spacial score (nSPS) is 10.6. The van der Waals surface area contributed by atoms with E-state index in [0.29, 0.717) is 36.6 Å². The fourth-order valence-corrected chi connectivity index (χ4v) is 5.91. The molecular formula is C24H18N8S3. The third-order valence-corrected chi connectivity index (χ3v) is 7.15. The Hall–Kier alpha value is -3.51. The molecule has 0 aliphatic rings. The van der Waals surface area contributed by atoms with E-state index in [0.717, 1.165) is 27.5 Å². The Morgan fingerprint density at radius 3 is 1.57 bits per heavy atom. The maximum Gasteiger partial charge on any atom is 0.198 e. The zero-order chi connectivity index (χ0) is 24.9. The summed E-state index contributed by atoms with van der Waals surface area (Å²) in [6.07, 6.45) is 1.70. The number of aryl methyl sites for hydroxylation is 4. The first-order valence-electron chi connectivity index (χ1n) is 10.3. The Kier molecular flexibility index (Phi) is 7.61. The number of hydrogen-bond acceptors (Lipinski definition) is 11. The Labute approximate surface area is 215 Å². The van der Waals surface area contributed by atoms with E-state index in [1.807, 2.05) is 58.0 Å². The zero-order valence-electron chi connectivity index (χ0n) is 19.3. The average Bonchev–Trinajstić information content (AvgIpc) is 2.79. The molecule has 0 bridgehead atoms. The lowest BCUT2D eigenvalue weighted by atomic mass is 10.1. The van der Waals surface area contributed by atoms with Gasteiger partial charge >= 0.3 is 0 Å². The van der Waals surface area contributed by atoms with Crippen LogP contribution in [-0.2, 0) is 0 Å². The standard InChI is InChI=1S/C24H18N8S3/c1-13-9-15(3)28-20(17(13)11-25)34-23-30-22(33-19-7-5-6-8-27-19)31-24(32-23)35-21-18(12-26)14(2)10-16(4)29-21/h5-10H,1-4H3. The van der Waals surface area contributed by atoms with E-state index in [2.05, 4.69) is 42.0 Å². The highest BCUT2D eigenvalue weighted by Crippen LogP contribution is 2.34. The van der Waals surface area contributed by atoms with Gasteiger partial charge in [0.2, 0.25) is 0 Å². The van der Waals surface area contributed by atoms with E-state index in [1.54, 1.807) is 6.20 Å². The van der Waals surface area contributed by atoms with Gasteiger partial charge in [-0.05, 0) is 98.4 Å². The summed E-state index contributed by atoms with van der Waals surface area (Å²) in [6, 6.07) is 13.8. The summed E-state index contributed by atoms with van der Waals surface area (Å²) in [4.78, 5) is 27.2. The van der Waals surface area contributed by atoms with Crippen LogP contribution in [0.15, 0.2) is 67.1 Å². The molecule has 0 unspecified atom stereocenters. The van der Waals surface area contributed by atoms with Gasteiger partial charge in [0.25, 0.3) is 0 Å². The monoisotopic (exact) mass is 514 g/mol. The Morgan fingerprint density at radius 1 is 0.657 bits per heavy atom. The lowest BCUT2D eigenvalue weighted by molar-refractivity contribution is 0.714. The maximum absolute atomic E-state index is 9.66. The number of nitriles is 2. The van der Waals surface area contributed by atoms with Crippen LogP contribution >= 0.6 is 35.3 Å². The molecule has 0 saturated carbocycles. The SMILES string of the molecule is Cc1cc(C)c(C#N)c(Sc2nc(Sc3ccccn3)nc(Sc3nc(C)cc(C)c3C#N)n2)n1. The minimum absolute atomic E-state index is 0.387. The lowest BCUT2D eigenvalue weighted by Crippen LogP contribution is -2.01. The molecule has 4 heterocycles. The molecule has 0 N–H and O–H groups in total. The van der Waals surface area contributed by atoms with Gasteiger partial charge in [-0.15, -0.1) is 0 Å². The van der Waals surface area contributed by atoms with Gasteiger partial charge in [-0.25, -0.2) is 15.0 Å². The largest absolute Gasteiger partial charge is 0.249 e. The van der Waals surface area contributed by atoms with Gasteiger partial charge in [-0.1, -0.05) is 6.07 Å². The molecule has 11 heteroatoms. The van der Waals surface area contributed by atoms with Crippen LogP contribution in [0, 0.1) is 50.4 Å². The van der Waals surface area contributed by atoms with Crippen molar-refractivity contribution in [3.05, 3.63) is 70.2 Å². The second kappa shape index (κ2) is 10.8. The highest BCUT2D eigenvalue weighted by Gasteiger charge is 2.18. The highest BCUT2D eigenvalue weighted by molar-refractivity contribution is 8.00. The molecule has 4 aromatic rings. The van der Waals surface area contributed by atoms with Gasteiger partial charge in [0.05, 0.1) is 11.1 Å². The smallest absolute Gasteiger partial charge is 0.198 e. The molecule has 35 heavy (non-hydrogen) atoms. The number of pyridine rings is 3. The van der Waals surface area contributed by atoms with Gasteiger partial charge < -0.3 is 0 Å². The quantitative estimate of drug-likeness (QED) is 0.324. The number of nitrogens with zero attached hydrogens (tertiary/aromatic N) is 8. The van der Waals surface area contributed by atoms with Crippen LogP contribution in [0.4, 0.5) is 0 Å². The minimum atomic E-state index is 0.387. The van der Waals surface area contributed by atoms with Crippen LogP contribution in [0.1, 0.15) is 33.6 Å². The van der Waals surface area contributed by atoms with Crippen molar-refractivity contribution >= 4 is 35.3 Å². The van der Waals surface area contributed by atoms with Crippen LogP contribution in [0.25, 0.3) is 0 Å². The topological polar surface area (TPSA) is 125 Å². The average molecular weight is 515 g/mol. The summed E-state index contributed by atoms with van der Waals surface area (Å²) in [5.74, 6) is 0. The van der Waals surface area contributed by atoms with Crippen molar-refractivity contribution in [3.8, 4) is 12.1 Å². The van der Waals surface area contributed by atoms with E-state index in [-0.39, 0.29) is 0 Å². The van der Waals surface area contributed by atoms with Crippen molar-refractivity contribution in [1.29, 1.82) is 10.5 Å². The first-order valence-corrected chi connectivity index (χ1v) is 12.8. The van der Waals surface area contributed by atoms with Gasteiger partial charge in [0.15, 0.2) is 15.5 Å². The first-order chi connectivity index (χ1) is 16.9. The van der Waals surface area contributed by atoms with Crippen molar-refractivity contribution in [2.75, 3.05) is 0 Å². The summed E-state index contributed by atoms with van der Waals surface area (Å²) in [5, 5.41) is 22.3. The molecule has 0 atom stereocenters. The van der Waals surface area contributed by atoms with Crippen molar-refractivity contribution in [2.24, 2.45) is 0 Å².